The molecule has 0 aromatic heterocycles. The molecule has 1 fully saturated rings. The Morgan fingerprint density at radius 1 is 1.47 bits per heavy atom. The molecule has 0 spiro atoms. The zero-order chi connectivity index (χ0) is 14.0. The maximum Gasteiger partial charge on any atom is 0.337 e. The molecule has 3 N–H and O–H groups in total. The van der Waals surface area contributed by atoms with Crippen molar-refractivity contribution >= 4 is 34.6 Å². The standard InChI is InChI=1S/C11H9FN2O4S/c12-5-1-2-7(6(3-5)10(16)17)13-9(15)8-4-19-11(18)14-8/h1-3,8H,4H2,(H,13,15)(H,14,18)(H,16,17). The number of amides is 2. The van der Waals surface area contributed by atoms with Crippen LogP contribution < -0.4 is 10.6 Å². The van der Waals surface area contributed by atoms with Crippen molar-refractivity contribution in [2.24, 2.45) is 0 Å². The first-order valence-electron chi connectivity index (χ1n) is 5.24. The quantitative estimate of drug-likeness (QED) is 0.777. The van der Waals surface area contributed by atoms with Crippen LogP contribution in [0.2, 0.25) is 0 Å². The van der Waals surface area contributed by atoms with Crippen LogP contribution in [0.4, 0.5) is 14.9 Å². The van der Waals surface area contributed by atoms with Crippen LogP contribution in [0.3, 0.4) is 0 Å². The summed E-state index contributed by atoms with van der Waals surface area (Å²) in [7, 11) is 0. The minimum absolute atomic E-state index is 0.00921. The van der Waals surface area contributed by atoms with Gasteiger partial charge >= 0.3 is 5.97 Å². The Morgan fingerprint density at radius 2 is 2.21 bits per heavy atom. The van der Waals surface area contributed by atoms with Crippen molar-refractivity contribution in [2.45, 2.75) is 6.04 Å². The Labute approximate surface area is 111 Å². The molecule has 1 saturated heterocycles. The van der Waals surface area contributed by atoms with E-state index in [4.69, 9.17) is 5.11 Å². The van der Waals surface area contributed by atoms with E-state index < -0.39 is 23.7 Å². The first-order valence-corrected chi connectivity index (χ1v) is 6.23. The maximum atomic E-state index is 13.0. The molecule has 1 aliphatic rings. The van der Waals surface area contributed by atoms with Crippen LogP contribution in [0, 0.1) is 5.82 Å². The molecule has 0 aliphatic carbocycles. The van der Waals surface area contributed by atoms with Crippen LogP contribution in [-0.2, 0) is 4.79 Å². The van der Waals surface area contributed by atoms with Gasteiger partial charge in [0.25, 0.3) is 5.24 Å². The smallest absolute Gasteiger partial charge is 0.337 e. The monoisotopic (exact) mass is 284 g/mol. The first-order chi connectivity index (χ1) is 8.97. The number of hydrogen-bond donors (Lipinski definition) is 3. The number of anilines is 1. The first kappa shape index (κ1) is 13.3. The number of hydrogen-bond acceptors (Lipinski definition) is 4. The van der Waals surface area contributed by atoms with E-state index in [2.05, 4.69) is 10.6 Å². The lowest BCUT2D eigenvalue weighted by Crippen LogP contribution is -2.38. The van der Waals surface area contributed by atoms with E-state index in [1.54, 1.807) is 0 Å². The highest BCUT2D eigenvalue weighted by atomic mass is 32.2. The fraction of sp³-hybridized carbons (Fsp3) is 0.182. The number of carboxylic acid groups (broad SMARTS) is 1. The topological polar surface area (TPSA) is 95.5 Å². The Morgan fingerprint density at radius 3 is 2.79 bits per heavy atom. The molecule has 1 aromatic carbocycles. The van der Waals surface area contributed by atoms with Gasteiger partial charge in [-0.1, -0.05) is 11.8 Å². The number of nitrogens with one attached hydrogen (secondary N) is 2. The van der Waals surface area contributed by atoms with Gasteiger partial charge in [-0.2, -0.15) is 0 Å². The van der Waals surface area contributed by atoms with E-state index in [9.17, 15) is 18.8 Å². The summed E-state index contributed by atoms with van der Waals surface area (Å²) in [5.74, 6) is -2.32. The number of carbonyl (C=O) groups is 3. The summed E-state index contributed by atoms with van der Waals surface area (Å²) >= 11 is 0.970. The summed E-state index contributed by atoms with van der Waals surface area (Å²) in [6.45, 7) is 0. The number of rotatable bonds is 3. The molecule has 6 nitrogen and oxygen atoms in total. The minimum Gasteiger partial charge on any atom is -0.478 e. The molecule has 1 unspecified atom stereocenters. The van der Waals surface area contributed by atoms with E-state index in [0.717, 1.165) is 23.9 Å². The molecular formula is C11H9FN2O4S. The molecule has 1 heterocycles. The van der Waals surface area contributed by atoms with Crippen LogP contribution in [0.25, 0.3) is 0 Å². The molecule has 1 atom stereocenters. The Kier molecular flexibility index (Phi) is 3.70. The van der Waals surface area contributed by atoms with Crippen LogP contribution in [0.15, 0.2) is 18.2 Å². The summed E-state index contributed by atoms with van der Waals surface area (Å²) < 4.78 is 13.0. The molecule has 2 rings (SSSR count). The number of carbonyl (C=O) groups excluding carboxylic acids is 2. The molecule has 8 heteroatoms. The second-order valence-electron chi connectivity index (χ2n) is 3.78. The molecule has 0 radical (unpaired) electrons. The highest BCUT2D eigenvalue weighted by Crippen LogP contribution is 2.19. The van der Waals surface area contributed by atoms with Crippen molar-refractivity contribution in [1.82, 2.24) is 5.32 Å². The Hall–Kier alpha value is -2.09. The van der Waals surface area contributed by atoms with Gasteiger partial charge in [-0.3, -0.25) is 9.59 Å². The van der Waals surface area contributed by atoms with E-state index in [1.807, 2.05) is 0 Å². The van der Waals surface area contributed by atoms with Gasteiger partial charge in [0, 0.05) is 5.75 Å². The zero-order valence-corrected chi connectivity index (χ0v) is 10.3. The molecule has 2 amide bonds. The van der Waals surface area contributed by atoms with Crippen LogP contribution in [0.5, 0.6) is 0 Å². The number of carboxylic acids is 1. The van der Waals surface area contributed by atoms with Gasteiger partial charge in [-0.15, -0.1) is 0 Å². The highest BCUT2D eigenvalue weighted by molar-refractivity contribution is 8.14. The van der Waals surface area contributed by atoms with E-state index in [1.165, 1.54) is 6.07 Å². The normalized spacial score (nSPS) is 17.9. The summed E-state index contributed by atoms with van der Waals surface area (Å²) in [6.07, 6.45) is 0. The average molecular weight is 284 g/mol. The van der Waals surface area contributed by atoms with Gasteiger partial charge in [-0.25, -0.2) is 9.18 Å². The summed E-state index contributed by atoms with van der Waals surface area (Å²) in [5, 5.41) is 13.4. The number of benzene rings is 1. The van der Waals surface area contributed by atoms with Crippen LogP contribution >= 0.6 is 11.8 Å². The summed E-state index contributed by atoms with van der Waals surface area (Å²) in [4.78, 5) is 33.7. The minimum atomic E-state index is -1.35. The second-order valence-corrected chi connectivity index (χ2v) is 4.77. The SMILES string of the molecule is O=C1NC(C(=O)Nc2ccc(F)cc2C(=O)O)CS1. The zero-order valence-electron chi connectivity index (χ0n) is 9.47. The van der Waals surface area contributed by atoms with E-state index in [-0.39, 0.29) is 22.2 Å². The number of halogens is 1. The molecule has 0 bridgehead atoms. The van der Waals surface area contributed by atoms with E-state index in [0.29, 0.717) is 0 Å². The third kappa shape index (κ3) is 3.02. The third-order valence-electron chi connectivity index (χ3n) is 2.46. The van der Waals surface area contributed by atoms with Crippen molar-refractivity contribution in [3.63, 3.8) is 0 Å². The molecule has 100 valence electrons. The van der Waals surface area contributed by atoms with Crippen LogP contribution in [-0.4, -0.2) is 34.0 Å². The molecule has 1 aromatic rings. The van der Waals surface area contributed by atoms with E-state index >= 15 is 0 Å². The van der Waals surface area contributed by atoms with Gasteiger partial charge in [-0.05, 0) is 18.2 Å². The lowest BCUT2D eigenvalue weighted by atomic mass is 10.1. The van der Waals surface area contributed by atoms with Crippen LogP contribution in [0.1, 0.15) is 10.4 Å². The van der Waals surface area contributed by atoms with Gasteiger partial charge in [0.1, 0.15) is 11.9 Å². The van der Waals surface area contributed by atoms with Gasteiger partial charge in [0.05, 0.1) is 11.3 Å². The molecule has 1 aliphatic heterocycles. The third-order valence-corrected chi connectivity index (χ3v) is 3.34. The Balaban J connectivity index is 2.17. The fourth-order valence-electron chi connectivity index (χ4n) is 1.55. The van der Waals surface area contributed by atoms with Crippen molar-refractivity contribution in [1.29, 1.82) is 0 Å². The van der Waals surface area contributed by atoms with Crippen molar-refractivity contribution in [3.8, 4) is 0 Å². The number of aromatic carboxylic acids is 1. The predicted molar refractivity (Wildman–Crippen MR) is 66.8 cm³/mol. The molecular weight excluding hydrogens is 275 g/mol. The van der Waals surface area contributed by atoms with Gasteiger partial charge in [0.15, 0.2) is 0 Å². The highest BCUT2D eigenvalue weighted by Gasteiger charge is 2.28. The fourth-order valence-corrected chi connectivity index (χ4v) is 2.33. The lowest BCUT2D eigenvalue weighted by molar-refractivity contribution is -0.117. The van der Waals surface area contributed by atoms with Gasteiger partial charge in [0.2, 0.25) is 5.91 Å². The average Bonchev–Trinajstić information content (AvgIpc) is 2.78. The Bertz CT molecular complexity index is 564. The van der Waals surface area contributed by atoms with Gasteiger partial charge < -0.3 is 15.7 Å². The summed E-state index contributed by atoms with van der Waals surface area (Å²) in [6, 6.07) is 2.31. The molecule has 19 heavy (non-hydrogen) atoms. The van der Waals surface area contributed by atoms with Crippen molar-refractivity contribution < 1.29 is 23.9 Å². The largest absolute Gasteiger partial charge is 0.478 e. The second kappa shape index (κ2) is 5.27. The molecule has 0 saturated carbocycles. The number of thioether (sulfide) groups is 1. The summed E-state index contributed by atoms with van der Waals surface area (Å²) in [5.41, 5.74) is -0.352. The maximum absolute atomic E-state index is 13.0. The predicted octanol–water partition coefficient (Wildman–Crippen LogP) is 1.29. The van der Waals surface area contributed by atoms with Crippen molar-refractivity contribution in [2.75, 3.05) is 11.1 Å². The van der Waals surface area contributed by atoms with Crippen molar-refractivity contribution in [3.05, 3.63) is 29.6 Å². The lowest BCUT2D eigenvalue weighted by Gasteiger charge is -2.12.